The van der Waals surface area contributed by atoms with Crippen LogP contribution in [0.5, 0.6) is 0 Å². The van der Waals surface area contributed by atoms with E-state index in [0.29, 0.717) is 0 Å². The van der Waals surface area contributed by atoms with Gasteiger partial charge in [0.2, 0.25) is 0 Å². The largest absolute Gasteiger partial charge is 0.147 e. The van der Waals surface area contributed by atoms with Crippen LogP contribution in [0, 0.1) is 0 Å². The molecule has 0 rings (SSSR count). The third-order valence-corrected chi connectivity index (χ3v) is 0. The number of hydrogen-bond acceptors (Lipinski definition) is 0. The van der Waals surface area contributed by atoms with Gasteiger partial charge in [0.05, 0.1) is 0 Å². The zero-order chi connectivity index (χ0) is 2.71. The van der Waals surface area contributed by atoms with Crippen molar-refractivity contribution in [1.29, 1.82) is 0 Å². The fourth-order valence-corrected chi connectivity index (χ4v) is 0. The molecule has 0 saturated heterocycles. The highest BCUT2D eigenvalue weighted by molar-refractivity contribution is 6.08. The van der Waals surface area contributed by atoms with Gasteiger partial charge in [-0.3, -0.25) is 0 Å². The molecule has 0 amide bonds. The lowest BCUT2D eigenvalue weighted by Gasteiger charge is -1.45. The van der Waals surface area contributed by atoms with Crippen molar-refractivity contribution in [2.45, 2.75) is 13.2 Å². The quantitative estimate of drug-likeness (QED) is 0.411. The van der Waals surface area contributed by atoms with Gasteiger partial charge in [-0.25, -0.2) is 0 Å². The molecule has 0 unspecified atom stereocenters. The highest BCUT2D eigenvalue weighted by atomic mass is 35.5. The smallest absolute Gasteiger partial charge is 0.101 e. The van der Waals surface area contributed by atoms with Crippen molar-refractivity contribution < 1.29 is 0 Å². The molecule has 0 aromatic heterocycles. The van der Waals surface area contributed by atoms with Crippen molar-refractivity contribution in [2.75, 3.05) is 0 Å². The first-order valence-corrected chi connectivity index (χ1v) is 1.41. The average Bonchev–Trinajstić information content (AvgIpc) is 0.918. The Morgan fingerprint density at radius 1 is 1.40 bits per heavy atom. The number of hydrogen-bond donors (Lipinski definition) is 0. The van der Waals surface area contributed by atoms with Gasteiger partial charge in [0.1, 0.15) is 7.85 Å². The first kappa shape index (κ1) is 17.4. The van der Waals surface area contributed by atoms with Crippen LogP contribution in [0.4, 0.5) is 0 Å². The maximum absolute atomic E-state index is 2.12. The molecular formula is C2H9BCl2. The van der Waals surface area contributed by atoms with Crippen LogP contribution in [0.3, 0.4) is 0 Å². The summed E-state index contributed by atoms with van der Waals surface area (Å²) < 4.78 is 0. The zero-order valence-electron chi connectivity index (χ0n) is 3.52. The van der Waals surface area contributed by atoms with Crippen LogP contribution in [0.25, 0.3) is 0 Å². The number of halogens is 2. The van der Waals surface area contributed by atoms with Gasteiger partial charge >= 0.3 is 0 Å². The molecule has 0 radical (unpaired) electrons. The van der Waals surface area contributed by atoms with E-state index in [2.05, 4.69) is 14.8 Å². The van der Waals surface area contributed by atoms with E-state index in [9.17, 15) is 0 Å². The van der Waals surface area contributed by atoms with E-state index >= 15 is 0 Å². The first-order valence-electron chi connectivity index (χ1n) is 1.41. The number of rotatable bonds is 0. The van der Waals surface area contributed by atoms with Gasteiger partial charge in [-0.15, -0.1) is 24.8 Å². The van der Waals surface area contributed by atoms with Gasteiger partial charge in [0.25, 0.3) is 0 Å². The maximum atomic E-state index is 2.12. The summed E-state index contributed by atoms with van der Waals surface area (Å²) in [5.41, 5.74) is 0. The topological polar surface area (TPSA) is 0 Å². The van der Waals surface area contributed by atoms with Crippen molar-refractivity contribution in [3.05, 3.63) is 0 Å². The Morgan fingerprint density at radius 2 is 1.40 bits per heavy atom. The van der Waals surface area contributed by atoms with Crippen LogP contribution in [0.1, 0.15) is 6.92 Å². The molecule has 0 bridgehead atoms. The van der Waals surface area contributed by atoms with Crippen LogP contribution < -0.4 is 0 Å². The highest BCUT2D eigenvalue weighted by Gasteiger charge is 1.38. The van der Waals surface area contributed by atoms with E-state index in [-0.39, 0.29) is 24.8 Å². The maximum Gasteiger partial charge on any atom is 0.101 e. The molecule has 5 heavy (non-hydrogen) atoms. The first-order chi connectivity index (χ1) is 1.41. The molecule has 3 heteroatoms. The molecule has 0 saturated carbocycles. The third kappa shape index (κ3) is 78.1. The molecule has 0 N–H and O–H groups in total. The molecule has 0 nitrogen and oxygen atoms in total. The van der Waals surface area contributed by atoms with E-state index in [4.69, 9.17) is 0 Å². The summed E-state index contributed by atoms with van der Waals surface area (Å²) in [5.74, 6) is 0. The van der Waals surface area contributed by atoms with Crippen molar-refractivity contribution in [1.82, 2.24) is 0 Å². The Bertz CT molecular complexity index is 7.61. The van der Waals surface area contributed by atoms with Gasteiger partial charge in [0.15, 0.2) is 0 Å². The second-order valence-corrected chi connectivity index (χ2v) is 0.707. The Hall–Kier alpha value is 0.645. The van der Waals surface area contributed by atoms with Crippen LogP contribution in [-0.2, 0) is 0 Å². The lowest BCUT2D eigenvalue weighted by molar-refractivity contribution is 1.48. The Balaban J connectivity index is -0.0000000200. The lowest BCUT2D eigenvalue weighted by Crippen LogP contribution is -1.41. The molecule has 0 aromatic carbocycles. The highest BCUT2D eigenvalue weighted by Crippen LogP contribution is 1.49. The summed E-state index contributed by atoms with van der Waals surface area (Å²) >= 11 is 0. The van der Waals surface area contributed by atoms with Gasteiger partial charge in [-0.05, 0) is 0 Å². The Kier molecular flexibility index (Phi) is 79.4. The zero-order valence-corrected chi connectivity index (χ0v) is 5.16. The van der Waals surface area contributed by atoms with Crippen molar-refractivity contribution >= 4 is 32.7 Å². The third-order valence-electron chi connectivity index (χ3n) is 0. The predicted octanol–water partition coefficient (Wildman–Crippen LogP) is 0.901. The molecule has 0 aromatic rings. The summed E-state index contributed by atoms with van der Waals surface area (Å²) in [6.45, 7) is 2.12. The summed E-state index contributed by atoms with van der Waals surface area (Å²) in [4.78, 5) is 0. The minimum Gasteiger partial charge on any atom is -0.147 e. The van der Waals surface area contributed by atoms with Gasteiger partial charge < -0.3 is 0 Å². The van der Waals surface area contributed by atoms with Crippen LogP contribution in [0.15, 0.2) is 0 Å². The summed E-state index contributed by atoms with van der Waals surface area (Å²) in [7, 11) is 2.12. The fraction of sp³-hybridized carbons (Fsp3) is 1.00. The molecule has 0 spiro atoms. The summed E-state index contributed by atoms with van der Waals surface area (Å²) in [6, 6.07) is 0. The van der Waals surface area contributed by atoms with Crippen LogP contribution in [-0.4, -0.2) is 7.85 Å². The van der Waals surface area contributed by atoms with Crippen molar-refractivity contribution in [2.24, 2.45) is 0 Å². The summed E-state index contributed by atoms with van der Waals surface area (Å²) in [5, 5.41) is 0. The van der Waals surface area contributed by atoms with Gasteiger partial charge in [-0.1, -0.05) is 13.2 Å². The van der Waals surface area contributed by atoms with E-state index < -0.39 is 0 Å². The van der Waals surface area contributed by atoms with E-state index in [1.165, 1.54) is 6.32 Å². The van der Waals surface area contributed by atoms with Gasteiger partial charge in [-0.2, -0.15) is 0 Å². The monoisotopic (exact) mass is 114 g/mol. The minimum absolute atomic E-state index is 0. The molecule has 0 heterocycles. The molecule has 0 aliphatic heterocycles. The lowest BCUT2D eigenvalue weighted by atomic mass is 10.1. The van der Waals surface area contributed by atoms with E-state index in [1.54, 1.807) is 0 Å². The normalized spacial score (nSPS) is 3.40. The van der Waals surface area contributed by atoms with Crippen molar-refractivity contribution in [3.8, 4) is 0 Å². The minimum atomic E-state index is 0. The average molecular weight is 115 g/mol. The molecule has 0 atom stereocenters. The fourth-order valence-electron chi connectivity index (χ4n) is 0. The molecule has 0 aliphatic rings. The van der Waals surface area contributed by atoms with E-state index in [1.807, 2.05) is 0 Å². The van der Waals surface area contributed by atoms with Crippen LogP contribution >= 0.6 is 24.8 Å². The van der Waals surface area contributed by atoms with Gasteiger partial charge in [0, 0.05) is 0 Å². The Morgan fingerprint density at radius 3 is 1.40 bits per heavy atom. The second-order valence-electron chi connectivity index (χ2n) is 0.707. The summed E-state index contributed by atoms with van der Waals surface area (Å²) in [6.07, 6.45) is 1.25. The van der Waals surface area contributed by atoms with Crippen molar-refractivity contribution in [3.63, 3.8) is 0 Å². The second kappa shape index (κ2) is 22.8. The van der Waals surface area contributed by atoms with Crippen LogP contribution in [0.2, 0.25) is 6.32 Å². The Labute approximate surface area is 46.6 Å². The predicted molar refractivity (Wildman–Crippen MR) is 33.5 cm³/mol. The SMILES string of the molecule is BCC.Cl.Cl. The van der Waals surface area contributed by atoms with E-state index in [0.717, 1.165) is 0 Å². The molecule has 0 aliphatic carbocycles. The molecular weight excluding hydrogens is 106 g/mol. The molecule has 34 valence electrons. The molecule has 0 fully saturated rings. The standard InChI is InChI=1S/C2H7B.2ClH/c1-2-3;;/h2-3H2,1H3;2*1H.